The number of amides is 1. The molecule has 0 radical (unpaired) electrons. The summed E-state index contributed by atoms with van der Waals surface area (Å²) in [5.41, 5.74) is 0. The van der Waals surface area contributed by atoms with Gasteiger partial charge in [0.15, 0.2) is 0 Å². The predicted molar refractivity (Wildman–Crippen MR) is 47.9 cm³/mol. The number of hydrogen-bond donors (Lipinski definition) is 3. The van der Waals surface area contributed by atoms with Crippen LogP contribution in [0.4, 0.5) is 0 Å². The predicted octanol–water partition coefficient (Wildman–Crippen LogP) is -0.517. The lowest BCUT2D eigenvalue weighted by molar-refractivity contribution is -0.121. The SMILES string of the molecule is CCNC(C)CC(=O)NCCO. The fraction of sp³-hybridized carbons (Fsp3) is 0.875. The molecule has 0 aromatic heterocycles. The molecule has 0 spiro atoms. The van der Waals surface area contributed by atoms with E-state index in [-0.39, 0.29) is 18.6 Å². The topological polar surface area (TPSA) is 61.4 Å². The quantitative estimate of drug-likeness (QED) is 0.508. The van der Waals surface area contributed by atoms with E-state index in [0.29, 0.717) is 13.0 Å². The first kappa shape index (κ1) is 11.4. The van der Waals surface area contributed by atoms with Crippen LogP contribution in [0.2, 0.25) is 0 Å². The molecule has 4 nitrogen and oxygen atoms in total. The standard InChI is InChI=1S/C8H18N2O2/c1-3-9-7(2)6-8(12)10-4-5-11/h7,9,11H,3-6H2,1-2H3,(H,10,12). The van der Waals surface area contributed by atoms with Crippen LogP contribution in [-0.4, -0.2) is 36.8 Å². The van der Waals surface area contributed by atoms with E-state index in [2.05, 4.69) is 10.6 Å². The molecule has 1 atom stereocenters. The summed E-state index contributed by atoms with van der Waals surface area (Å²) in [6.45, 7) is 5.18. The van der Waals surface area contributed by atoms with Crippen LogP contribution in [-0.2, 0) is 4.79 Å². The highest BCUT2D eigenvalue weighted by Crippen LogP contribution is 1.88. The van der Waals surface area contributed by atoms with Gasteiger partial charge < -0.3 is 15.7 Å². The molecule has 72 valence electrons. The molecule has 0 bridgehead atoms. The van der Waals surface area contributed by atoms with Crippen molar-refractivity contribution in [3.8, 4) is 0 Å². The summed E-state index contributed by atoms with van der Waals surface area (Å²) in [4.78, 5) is 11.0. The maximum atomic E-state index is 11.0. The lowest BCUT2D eigenvalue weighted by Gasteiger charge is -2.11. The highest BCUT2D eigenvalue weighted by atomic mass is 16.3. The fourth-order valence-electron chi connectivity index (χ4n) is 0.966. The van der Waals surface area contributed by atoms with Crippen molar-refractivity contribution in [3.63, 3.8) is 0 Å². The van der Waals surface area contributed by atoms with Gasteiger partial charge in [0, 0.05) is 19.0 Å². The van der Waals surface area contributed by atoms with Crippen molar-refractivity contribution in [3.05, 3.63) is 0 Å². The maximum Gasteiger partial charge on any atom is 0.221 e. The molecule has 0 aliphatic carbocycles. The van der Waals surface area contributed by atoms with Crippen LogP contribution in [0.15, 0.2) is 0 Å². The summed E-state index contributed by atoms with van der Waals surface area (Å²) in [5.74, 6) is -0.0162. The molecule has 12 heavy (non-hydrogen) atoms. The molecule has 4 heteroatoms. The summed E-state index contributed by atoms with van der Waals surface area (Å²) in [5, 5.41) is 14.1. The largest absolute Gasteiger partial charge is 0.395 e. The molecule has 1 amide bonds. The van der Waals surface area contributed by atoms with Crippen molar-refractivity contribution >= 4 is 5.91 Å². The van der Waals surface area contributed by atoms with Crippen molar-refractivity contribution in [2.24, 2.45) is 0 Å². The zero-order valence-electron chi connectivity index (χ0n) is 7.76. The van der Waals surface area contributed by atoms with E-state index in [9.17, 15) is 4.79 Å². The van der Waals surface area contributed by atoms with Gasteiger partial charge in [-0.25, -0.2) is 0 Å². The normalized spacial score (nSPS) is 12.6. The van der Waals surface area contributed by atoms with Crippen molar-refractivity contribution in [2.45, 2.75) is 26.3 Å². The van der Waals surface area contributed by atoms with Gasteiger partial charge in [0.1, 0.15) is 0 Å². The Hall–Kier alpha value is -0.610. The van der Waals surface area contributed by atoms with E-state index in [1.54, 1.807) is 0 Å². The lowest BCUT2D eigenvalue weighted by Crippen LogP contribution is -2.34. The van der Waals surface area contributed by atoms with Gasteiger partial charge in [0.25, 0.3) is 0 Å². The van der Waals surface area contributed by atoms with E-state index in [1.165, 1.54) is 0 Å². The molecular weight excluding hydrogens is 156 g/mol. The van der Waals surface area contributed by atoms with Crippen molar-refractivity contribution in [1.29, 1.82) is 0 Å². The number of aliphatic hydroxyl groups is 1. The van der Waals surface area contributed by atoms with Crippen molar-refractivity contribution < 1.29 is 9.90 Å². The van der Waals surface area contributed by atoms with E-state index in [4.69, 9.17) is 5.11 Å². The average molecular weight is 174 g/mol. The van der Waals surface area contributed by atoms with Gasteiger partial charge >= 0.3 is 0 Å². The first-order valence-corrected chi connectivity index (χ1v) is 4.31. The molecular formula is C8H18N2O2. The zero-order valence-corrected chi connectivity index (χ0v) is 7.76. The van der Waals surface area contributed by atoms with Crippen LogP contribution in [0.3, 0.4) is 0 Å². The lowest BCUT2D eigenvalue weighted by atomic mass is 10.2. The fourth-order valence-corrected chi connectivity index (χ4v) is 0.966. The highest BCUT2D eigenvalue weighted by molar-refractivity contribution is 5.76. The van der Waals surface area contributed by atoms with Gasteiger partial charge in [-0.05, 0) is 13.5 Å². The summed E-state index contributed by atoms with van der Waals surface area (Å²) in [6.07, 6.45) is 0.466. The van der Waals surface area contributed by atoms with Crippen LogP contribution in [0.1, 0.15) is 20.3 Å². The Labute approximate surface area is 73.3 Å². The van der Waals surface area contributed by atoms with E-state index in [1.807, 2.05) is 13.8 Å². The number of carbonyl (C=O) groups excluding carboxylic acids is 1. The minimum absolute atomic E-state index is 0.00132. The number of aliphatic hydroxyl groups excluding tert-OH is 1. The van der Waals surface area contributed by atoms with Crippen molar-refractivity contribution in [2.75, 3.05) is 19.7 Å². The summed E-state index contributed by atoms with van der Waals surface area (Å²) < 4.78 is 0. The van der Waals surface area contributed by atoms with Gasteiger partial charge in [-0.3, -0.25) is 4.79 Å². The van der Waals surface area contributed by atoms with Crippen LogP contribution in [0.5, 0.6) is 0 Å². The Bertz CT molecular complexity index is 128. The molecule has 0 aromatic carbocycles. The molecule has 1 unspecified atom stereocenters. The first-order chi connectivity index (χ1) is 5.70. The van der Waals surface area contributed by atoms with Gasteiger partial charge in [-0.15, -0.1) is 0 Å². The van der Waals surface area contributed by atoms with E-state index < -0.39 is 0 Å². The number of rotatable bonds is 6. The summed E-state index contributed by atoms with van der Waals surface area (Å²) in [7, 11) is 0. The Morgan fingerprint density at radius 1 is 1.58 bits per heavy atom. The Balaban J connectivity index is 3.40. The number of carbonyl (C=O) groups is 1. The number of hydrogen-bond acceptors (Lipinski definition) is 3. The molecule has 0 saturated heterocycles. The van der Waals surface area contributed by atoms with Crippen LogP contribution < -0.4 is 10.6 Å². The van der Waals surface area contributed by atoms with Crippen LogP contribution in [0, 0.1) is 0 Å². The van der Waals surface area contributed by atoms with Gasteiger partial charge in [-0.1, -0.05) is 6.92 Å². The smallest absolute Gasteiger partial charge is 0.221 e. The third kappa shape index (κ3) is 6.12. The Kier molecular flexibility index (Phi) is 6.70. The molecule has 0 aromatic rings. The second-order valence-corrected chi connectivity index (χ2v) is 2.74. The second-order valence-electron chi connectivity index (χ2n) is 2.74. The maximum absolute atomic E-state index is 11.0. The molecule has 0 rings (SSSR count). The Morgan fingerprint density at radius 3 is 2.75 bits per heavy atom. The van der Waals surface area contributed by atoms with Gasteiger partial charge in [0.05, 0.1) is 6.61 Å². The monoisotopic (exact) mass is 174 g/mol. The van der Waals surface area contributed by atoms with Crippen LogP contribution >= 0.6 is 0 Å². The minimum atomic E-state index is -0.0162. The average Bonchev–Trinajstić information content (AvgIpc) is 2.01. The van der Waals surface area contributed by atoms with E-state index in [0.717, 1.165) is 6.54 Å². The first-order valence-electron chi connectivity index (χ1n) is 4.31. The summed E-state index contributed by atoms with van der Waals surface area (Å²) in [6, 6.07) is 0.202. The third-order valence-corrected chi connectivity index (χ3v) is 1.48. The molecule has 0 aliphatic heterocycles. The van der Waals surface area contributed by atoms with Gasteiger partial charge in [-0.2, -0.15) is 0 Å². The number of nitrogens with one attached hydrogen (secondary N) is 2. The van der Waals surface area contributed by atoms with Crippen molar-refractivity contribution in [1.82, 2.24) is 10.6 Å². The molecule has 0 heterocycles. The van der Waals surface area contributed by atoms with Crippen LogP contribution in [0.25, 0.3) is 0 Å². The second kappa shape index (κ2) is 7.06. The molecule has 0 saturated carbocycles. The molecule has 0 fully saturated rings. The molecule has 3 N–H and O–H groups in total. The van der Waals surface area contributed by atoms with Gasteiger partial charge in [0.2, 0.25) is 5.91 Å². The highest BCUT2D eigenvalue weighted by Gasteiger charge is 2.05. The molecule has 0 aliphatic rings. The van der Waals surface area contributed by atoms with E-state index >= 15 is 0 Å². The Morgan fingerprint density at radius 2 is 2.25 bits per heavy atom. The summed E-state index contributed by atoms with van der Waals surface area (Å²) >= 11 is 0. The third-order valence-electron chi connectivity index (χ3n) is 1.48. The minimum Gasteiger partial charge on any atom is -0.395 e. The zero-order chi connectivity index (χ0) is 9.40.